The number of carbonyl (C=O) groups excluding carboxylic acids is 1. The van der Waals surface area contributed by atoms with Gasteiger partial charge in [-0.1, -0.05) is 48.0 Å². The van der Waals surface area contributed by atoms with Crippen LogP contribution in [0.25, 0.3) is 10.9 Å². The minimum absolute atomic E-state index is 0.0122. The Labute approximate surface area is 155 Å². The number of aromatic nitrogens is 1. The van der Waals surface area contributed by atoms with Crippen molar-refractivity contribution in [3.63, 3.8) is 0 Å². The van der Waals surface area contributed by atoms with Crippen LogP contribution in [-0.2, 0) is 0 Å². The number of amides is 1. The van der Waals surface area contributed by atoms with Crippen LogP contribution in [0.3, 0.4) is 0 Å². The molecule has 1 atom stereocenters. The maximum Gasteiger partial charge on any atom is 0.259 e. The van der Waals surface area contributed by atoms with Gasteiger partial charge in [-0.25, -0.2) is 0 Å². The zero-order chi connectivity index (χ0) is 17.7. The number of benzene rings is 3. The molecule has 2 heterocycles. The average Bonchev–Trinajstić information content (AvgIpc) is 3.22. The number of hydrogen-bond donors (Lipinski definition) is 1. The lowest BCUT2D eigenvalue weighted by Crippen LogP contribution is -2.28. The van der Waals surface area contributed by atoms with Crippen LogP contribution >= 0.6 is 11.6 Å². The maximum atomic E-state index is 13.2. The molecular formula is C22H15ClN2O. The van der Waals surface area contributed by atoms with Crippen LogP contribution in [0, 0.1) is 0 Å². The third-order valence-corrected chi connectivity index (χ3v) is 5.24. The van der Waals surface area contributed by atoms with E-state index in [9.17, 15) is 4.79 Å². The molecule has 0 aliphatic carbocycles. The second-order valence-electron chi connectivity index (χ2n) is 6.43. The van der Waals surface area contributed by atoms with Crippen LogP contribution in [-0.4, -0.2) is 10.9 Å². The smallest absolute Gasteiger partial charge is 0.259 e. The first-order chi connectivity index (χ1) is 12.7. The van der Waals surface area contributed by atoms with Gasteiger partial charge in [-0.05, 0) is 42.0 Å². The van der Waals surface area contributed by atoms with Gasteiger partial charge in [0.05, 0.1) is 6.04 Å². The molecule has 4 aromatic rings. The Hall–Kier alpha value is -3.04. The van der Waals surface area contributed by atoms with Crippen molar-refractivity contribution in [2.24, 2.45) is 0 Å². The molecule has 1 aromatic heterocycles. The van der Waals surface area contributed by atoms with Gasteiger partial charge < -0.3 is 4.98 Å². The van der Waals surface area contributed by atoms with Gasteiger partial charge >= 0.3 is 0 Å². The molecule has 1 amide bonds. The third-order valence-electron chi connectivity index (χ3n) is 4.98. The predicted molar refractivity (Wildman–Crippen MR) is 105 cm³/mol. The normalized spacial score (nSPS) is 16.3. The van der Waals surface area contributed by atoms with Gasteiger partial charge in [0.15, 0.2) is 0 Å². The Morgan fingerprint density at radius 2 is 1.58 bits per heavy atom. The van der Waals surface area contributed by atoms with E-state index in [0.717, 1.165) is 33.3 Å². The zero-order valence-electron chi connectivity index (χ0n) is 13.8. The molecule has 0 bridgehead atoms. The minimum atomic E-state index is -0.170. The number of rotatable bonds is 2. The van der Waals surface area contributed by atoms with E-state index in [1.165, 1.54) is 0 Å². The maximum absolute atomic E-state index is 13.2. The minimum Gasteiger partial charge on any atom is -0.361 e. The Morgan fingerprint density at radius 3 is 2.42 bits per heavy atom. The van der Waals surface area contributed by atoms with Gasteiger partial charge in [-0.15, -0.1) is 0 Å². The number of hydrogen-bond acceptors (Lipinski definition) is 1. The van der Waals surface area contributed by atoms with E-state index >= 15 is 0 Å². The molecule has 1 unspecified atom stereocenters. The molecule has 0 fully saturated rings. The molecule has 1 aliphatic heterocycles. The van der Waals surface area contributed by atoms with Gasteiger partial charge in [0.1, 0.15) is 0 Å². The summed E-state index contributed by atoms with van der Waals surface area (Å²) in [4.78, 5) is 18.4. The average molecular weight is 359 g/mol. The molecular weight excluding hydrogens is 344 g/mol. The van der Waals surface area contributed by atoms with E-state index in [2.05, 4.69) is 11.1 Å². The summed E-state index contributed by atoms with van der Waals surface area (Å²) in [5.74, 6) is 0.0122. The van der Waals surface area contributed by atoms with Crippen LogP contribution < -0.4 is 4.90 Å². The number of aromatic amines is 1. The number of H-pyrrole nitrogens is 1. The second kappa shape index (κ2) is 5.75. The second-order valence-corrected chi connectivity index (χ2v) is 6.87. The molecule has 126 valence electrons. The van der Waals surface area contributed by atoms with Crippen molar-refractivity contribution in [1.82, 2.24) is 4.98 Å². The zero-order valence-corrected chi connectivity index (χ0v) is 14.6. The number of fused-ring (bicyclic) bond motifs is 2. The molecule has 3 nitrogen and oxygen atoms in total. The highest BCUT2D eigenvalue weighted by Gasteiger charge is 2.39. The summed E-state index contributed by atoms with van der Waals surface area (Å²) in [6.45, 7) is 0. The fourth-order valence-corrected chi connectivity index (χ4v) is 3.94. The molecule has 0 radical (unpaired) electrons. The number of halogens is 1. The molecule has 3 aromatic carbocycles. The van der Waals surface area contributed by atoms with E-state index in [0.29, 0.717) is 5.02 Å². The number of anilines is 1. The highest BCUT2D eigenvalue weighted by molar-refractivity contribution is 6.30. The molecule has 0 saturated heterocycles. The summed E-state index contributed by atoms with van der Waals surface area (Å²) in [7, 11) is 0. The molecule has 26 heavy (non-hydrogen) atoms. The summed E-state index contributed by atoms with van der Waals surface area (Å²) in [6.07, 6.45) is 2.01. The Morgan fingerprint density at radius 1 is 0.846 bits per heavy atom. The number of carbonyl (C=O) groups is 1. The lowest BCUT2D eigenvalue weighted by atomic mass is 9.97. The first-order valence-corrected chi connectivity index (χ1v) is 8.86. The van der Waals surface area contributed by atoms with Crippen LogP contribution in [0.5, 0.6) is 0 Å². The lowest BCUT2D eigenvalue weighted by molar-refractivity contribution is 0.0993. The van der Waals surface area contributed by atoms with E-state index < -0.39 is 0 Å². The van der Waals surface area contributed by atoms with Gasteiger partial charge in [0.25, 0.3) is 5.91 Å². The van der Waals surface area contributed by atoms with Crippen LogP contribution in [0.4, 0.5) is 5.69 Å². The molecule has 5 rings (SSSR count). The number of nitrogens with one attached hydrogen (secondary N) is 1. The number of nitrogens with zero attached hydrogens (tertiary/aromatic N) is 1. The SMILES string of the molecule is O=C1c2ccccc2C(c2c[nH]c3ccccc23)N1c1ccc(Cl)cc1. The van der Waals surface area contributed by atoms with E-state index in [1.54, 1.807) is 0 Å². The van der Waals surface area contributed by atoms with E-state index in [-0.39, 0.29) is 11.9 Å². The highest BCUT2D eigenvalue weighted by Crippen LogP contribution is 2.43. The van der Waals surface area contributed by atoms with Crippen molar-refractivity contribution in [2.45, 2.75) is 6.04 Å². The monoisotopic (exact) mass is 358 g/mol. The first-order valence-electron chi connectivity index (χ1n) is 8.48. The van der Waals surface area contributed by atoms with Crippen molar-refractivity contribution in [3.8, 4) is 0 Å². The van der Waals surface area contributed by atoms with Gasteiger partial charge in [-0.2, -0.15) is 0 Å². The van der Waals surface area contributed by atoms with Crippen molar-refractivity contribution < 1.29 is 4.79 Å². The van der Waals surface area contributed by atoms with Crippen molar-refractivity contribution in [3.05, 3.63) is 101 Å². The van der Waals surface area contributed by atoms with E-state index in [1.807, 2.05) is 77.8 Å². The van der Waals surface area contributed by atoms with Crippen LogP contribution in [0.1, 0.15) is 27.5 Å². The van der Waals surface area contributed by atoms with E-state index in [4.69, 9.17) is 11.6 Å². The van der Waals surface area contributed by atoms with Gasteiger partial charge in [0, 0.05) is 38.9 Å². The number of para-hydroxylation sites is 1. The fraction of sp³-hybridized carbons (Fsp3) is 0.0455. The summed E-state index contributed by atoms with van der Waals surface area (Å²) in [5.41, 5.74) is 4.77. The topological polar surface area (TPSA) is 36.1 Å². The molecule has 0 spiro atoms. The van der Waals surface area contributed by atoms with Crippen LogP contribution in [0.2, 0.25) is 5.02 Å². The molecule has 4 heteroatoms. The predicted octanol–water partition coefficient (Wildman–Crippen LogP) is 5.57. The summed E-state index contributed by atoms with van der Waals surface area (Å²) >= 11 is 6.05. The van der Waals surface area contributed by atoms with Crippen LogP contribution in [0.15, 0.2) is 79.0 Å². The van der Waals surface area contributed by atoms with Gasteiger partial charge in [-0.3, -0.25) is 9.69 Å². The molecule has 1 aliphatic rings. The third kappa shape index (κ3) is 2.18. The Bertz CT molecular complexity index is 1130. The molecule has 1 N–H and O–H groups in total. The lowest BCUT2D eigenvalue weighted by Gasteiger charge is -2.25. The standard InChI is InChI=1S/C22H15ClN2O/c23-14-9-11-15(12-10-14)25-21(17-6-1-2-7-18(17)22(25)26)19-13-24-20-8-4-3-5-16(19)20/h1-13,21,24H. The van der Waals surface area contributed by atoms with Crippen molar-refractivity contribution in [2.75, 3.05) is 4.90 Å². The highest BCUT2D eigenvalue weighted by atomic mass is 35.5. The summed E-state index contributed by atoms with van der Waals surface area (Å²) in [5, 5.41) is 1.78. The van der Waals surface area contributed by atoms with Crippen molar-refractivity contribution >= 4 is 34.1 Å². The quantitative estimate of drug-likeness (QED) is 0.499. The fourth-order valence-electron chi connectivity index (χ4n) is 3.81. The summed E-state index contributed by atoms with van der Waals surface area (Å²) in [6, 6.07) is 23.3. The van der Waals surface area contributed by atoms with Gasteiger partial charge in [0.2, 0.25) is 0 Å². The van der Waals surface area contributed by atoms with Crippen molar-refractivity contribution in [1.29, 1.82) is 0 Å². The Kier molecular flexibility index (Phi) is 3.37. The largest absolute Gasteiger partial charge is 0.361 e. The molecule has 0 saturated carbocycles. The first kappa shape index (κ1) is 15.2. The summed E-state index contributed by atoms with van der Waals surface area (Å²) < 4.78 is 0. The Balaban J connectivity index is 1.75.